The highest BCUT2D eigenvalue weighted by molar-refractivity contribution is 7.13. The summed E-state index contributed by atoms with van der Waals surface area (Å²) in [5.74, 6) is 0.777. The summed E-state index contributed by atoms with van der Waals surface area (Å²) in [6.45, 7) is 1.03. The third-order valence-electron chi connectivity index (χ3n) is 3.22. The third-order valence-corrected chi connectivity index (χ3v) is 4.66. The number of nitrogens with one attached hydrogen (secondary N) is 1. The second-order valence-electron chi connectivity index (χ2n) is 4.83. The SMILES string of the molecule is Clc1cccc(Cl)c1COc1cccc(CNc2nccs2)c1. The molecule has 3 rings (SSSR count). The average molecular weight is 365 g/mol. The molecule has 118 valence electrons. The van der Waals surface area contributed by atoms with Crippen molar-refractivity contribution in [2.75, 3.05) is 5.32 Å². The fourth-order valence-electron chi connectivity index (χ4n) is 2.06. The maximum absolute atomic E-state index is 6.15. The van der Waals surface area contributed by atoms with E-state index >= 15 is 0 Å². The molecule has 3 nitrogen and oxygen atoms in total. The Labute approximate surface area is 148 Å². The molecule has 0 atom stereocenters. The molecule has 1 aromatic heterocycles. The predicted molar refractivity (Wildman–Crippen MR) is 96.7 cm³/mol. The summed E-state index contributed by atoms with van der Waals surface area (Å²) in [4.78, 5) is 4.20. The minimum absolute atomic E-state index is 0.335. The monoisotopic (exact) mass is 364 g/mol. The molecule has 0 saturated heterocycles. The van der Waals surface area contributed by atoms with Crippen molar-refractivity contribution in [1.82, 2.24) is 4.98 Å². The molecule has 1 heterocycles. The summed E-state index contributed by atoms with van der Waals surface area (Å²) >= 11 is 13.9. The Kier molecular flexibility index (Phi) is 5.39. The molecule has 6 heteroatoms. The first kappa shape index (κ1) is 16.1. The minimum Gasteiger partial charge on any atom is -0.489 e. The zero-order chi connectivity index (χ0) is 16.1. The van der Waals surface area contributed by atoms with Crippen molar-refractivity contribution in [3.8, 4) is 5.75 Å². The van der Waals surface area contributed by atoms with E-state index in [0.29, 0.717) is 23.2 Å². The van der Waals surface area contributed by atoms with Gasteiger partial charge in [-0.05, 0) is 29.8 Å². The molecule has 0 spiro atoms. The molecular weight excluding hydrogens is 351 g/mol. The van der Waals surface area contributed by atoms with Crippen LogP contribution >= 0.6 is 34.5 Å². The molecular formula is C17H14Cl2N2OS. The van der Waals surface area contributed by atoms with Crippen molar-refractivity contribution in [3.63, 3.8) is 0 Å². The van der Waals surface area contributed by atoms with Gasteiger partial charge in [-0.2, -0.15) is 0 Å². The fraction of sp³-hybridized carbons (Fsp3) is 0.118. The van der Waals surface area contributed by atoms with Crippen LogP contribution in [0.3, 0.4) is 0 Å². The van der Waals surface area contributed by atoms with E-state index in [1.165, 1.54) is 0 Å². The molecule has 0 bridgehead atoms. The number of aromatic nitrogens is 1. The lowest BCUT2D eigenvalue weighted by atomic mass is 10.2. The second kappa shape index (κ2) is 7.68. The molecule has 0 aliphatic carbocycles. The molecule has 0 aliphatic heterocycles. The van der Waals surface area contributed by atoms with Crippen molar-refractivity contribution in [2.45, 2.75) is 13.2 Å². The van der Waals surface area contributed by atoms with Gasteiger partial charge in [-0.1, -0.05) is 41.4 Å². The highest BCUT2D eigenvalue weighted by Crippen LogP contribution is 2.26. The summed E-state index contributed by atoms with van der Waals surface area (Å²) in [5.41, 5.74) is 1.91. The molecule has 3 aromatic rings. The van der Waals surface area contributed by atoms with Crippen molar-refractivity contribution in [3.05, 3.63) is 75.2 Å². The smallest absolute Gasteiger partial charge is 0.182 e. The number of anilines is 1. The van der Waals surface area contributed by atoms with Crippen molar-refractivity contribution >= 4 is 39.7 Å². The molecule has 0 saturated carbocycles. The molecule has 0 amide bonds. The van der Waals surface area contributed by atoms with Gasteiger partial charge in [0, 0.05) is 33.7 Å². The zero-order valence-electron chi connectivity index (χ0n) is 12.1. The molecule has 0 unspecified atom stereocenters. The first-order valence-electron chi connectivity index (χ1n) is 7.00. The summed E-state index contributed by atoms with van der Waals surface area (Å²) < 4.78 is 5.82. The zero-order valence-corrected chi connectivity index (χ0v) is 14.5. The quantitative estimate of drug-likeness (QED) is 0.614. The number of hydrogen-bond acceptors (Lipinski definition) is 4. The van der Waals surface area contributed by atoms with Gasteiger partial charge in [-0.25, -0.2) is 4.98 Å². The van der Waals surface area contributed by atoms with Crippen LogP contribution in [0.15, 0.2) is 54.0 Å². The summed E-state index contributed by atoms with van der Waals surface area (Å²) in [6, 6.07) is 13.3. The number of rotatable bonds is 6. The molecule has 1 N–H and O–H groups in total. The van der Waals surface area contributed by atoms with Crippen molar-refractivity contribution < 1.29 is 4.74 Å². The average Bonchev–Trinajstić information content (AvgIpc) is 3.06. The van der Waals surface area contributed by atoms with Crippen LogP contribution in [-0.4, -0.2) is 4.98 Å². The van der Waals surface area contributed by atoms with E-state index in [-0.39, 0.29) is 0 Å². The van der Waals surface area contributed by atoms with Gasteiger partial charge >= 0.3 is 0 Å². The van der Waals surface area contributed by atoms with Gasteiger partial charge in [-0.3, -0.25) is 0 Å². The normalized spacial score (nSPS) is 10.5. The van der Waals surface area contributed by atoms with E-state index in [4.69, 9.17) is 27.9 Å². The number of thiazole rings is 1. The lowest BCUT2D eigenvalue weighted by Crippen LogP contribution is -2.01. The van der Waals surface area contributed by atoms with Crippen LogP contribution in [0.5, 0.6) is 5.75 Å². The lowest BCUT2D eigenvalue weighted by molar-refractivity contribution is 0.306. The van der Waals surface area contributed by atoms with Gasteiger partial charge in [0.1, 0.15) is 12.4 Å². The molecule has 0 radical (unpaired) electrons. The number of benzene rings is 2. The fourth-order valence-corrected chi connectivity index (χ4v) is 3.09. The first-order valence-corrected chi connectivity index (χ1v) is 8.64. The topological polar surface area (TPSA) is 34.1 Å². The van der Waals surface area contributed by atoms with Crippen LogP contribution in [0.25, 0.3) is 0 Å². The maximum atomic E-state index is 6.15. The van der Waals surface area contributed by atoms with E-state index in [9.17, 15) is 0 Å². The molecule has 2 aromatic carbocycles. The van der Waals surface area contributed by atoms with Gasteiger partial charge < -0.3 is 10.1 Å². The van der Waals surface area contributed by atoms with Crippen LogP contribution in [0.1, 0.15) is 11.1 Å². The number of hydrogen-bond donors (Lipinski definition) is 1. The van der Waals surface area contributed by atoms with Gasteiger partial charge in [-0.15, -0.1) is 11.3 Å². The molecule has 23 heavy (non-hydrogen) atoms. The molecule has 0 fully saturated rings. The Balaban J connectivity index is 1.63. The second-order valence-corrected chi connectivity index (χ2v) is 6.54. The summed E-state index contributed by atoms with van der Waals surface area (Å²) in [5, 5.41) is 7.33. The molecule has 0 aliphatic rings. The van der Waals surface area contributed by atoms with Crippen LogP contribution in [0.2, 0.25) is 10.0 Å². The largest absolute Gasteiger partial charge is 0.489 e. The Morgan fingerprint density at radius 1 is 1.09 bits per heavy atom. The Morgan fingerprint density at radius 2 is 1.87 bits per heavy atom. The van der Waals surface area contributed by atoms with Crippen LogP contribution in [0.4, 0.5) is 5.13 Å². The highest BCUT2D eigenvalue weighted by atomic mass is 35.5. The number of halogens is 2. The van der Waals surface area contributed by atoms with Gasteiger partial charge in [0.2, 0.25) is 0 Å². The number of ether oxygens (including phenoxy) is 1. The standard InChI is InChI=1S/C17H14Cl2N2OS/c18-15-5-2-6-16(19)14(15)11-22-13-4-1-3-12(9-13)10-21-17-20-7-8-23-17/h1-9H,10-11H2,(H,20,21). The van der Waals surface area contributed by atoms with Crippen molar-refractivity contribution in [1.29, 1.82) is 0 Å². The predicted octanol–water partition coefficient (Wildman–Crippen LogP) is 5.64. The van der Waals surface area contributed by atoms with Gasteiger partial charge in [0.15, 0.2) is 5.13 Å². The Morgan fingerprint density at radius 3 is 2.61 bits per heavy atom. The van der Waals surface area contributed by atoms with Crippen molar-refractivity contribution in [2.24, 2.45) is 0 Å². The minimum atomic E-state index is 0.335. The summed E-state index contributed by atoms with van der Waals surface area (Å²) in [7, 11) is 0. The van der Waals surface area contributed by atoms with Crippen LogP contribution in [0, 0.1) is 0 Å². The highest BCUT2D eigenvalue weighted by Gasteiger charge is 2.06. The van der Waals surface area contributed by atoms with E-state index in [1.54, 1.807) is 29.7 Å². The lowest BCUT2D eigenvalue weighted by Gasteiger charge is -2.11. The Bertz CT molecular complexity index is 758. The summed E-state index contributed by atoms with van der Waals surface area (Å²) in [6.07, 6.45) is 1.78. The first-order chi connectivity index (χ1) is 11.2. The maximum Gasteiger partial charge on any atom is 0.182 e. The third kappa shape index (κ3) is 4.38. The van der Waals surface area contributed by atoms with E-state index in [2.05, 4.69) is 10.3 Å². The van der Waals surface area contributed by atoms with Gasteiger partial charge in [0.05, 0.1) is 0 Å². The van der Waals surface area contributed by atoms with Crippen LogP contribution in [-0.2, 0) is 13.2 Å². The van der Waals surface area contributed by atoms with E-state index in [0.717, 1.165) is 22.0 Å². The Hall–Kier alpha value is -1.75. The number of nitrogens with zero attached hydrogens (tertiary/aromatic N) is 1. The van der Waals surface area contributed by atoms with Crippen LogP contribution < -0.4 is 10.1 Å². The van der Waals surface area contributed by atoms with Gasteiger partial charge in [0.25, 0.3) is 0 Å². The van der Waals surface area contributed by atoms with E-state index < -0.39 is 0 Å². The van der Waals surface area contributed by atoms with E-state index in [1.807, 2.05) is 35.7 Å².